The largest absolute Gasteiger partial charge is 0.482 e. The summed E-state index contributed by atoms with van der Waals surface area (Å²) in [6, 6.07) is 13.6. The normalized spacial score (nSPS) is 10.7. The first kappa shape index (κ1) is 20.1. The minimum absolute atomic E-state index is 0.0651. The highest BCUT2D eigenvalue weighted by Gasteiger charge is 2.09. The highest BCUT2D eigenvalue weighted by atomic mass is 35.5. The van der Waals surface area contributed by atoms with E-state index in [0.717, 1.165) is 0 Å². The molecule has 0 unspecified atom stereocenters. The van der Waals surface area contributed by atoms with Gasteiger partial charge in [-0.3, -0.25) is 9.59 Å². The van der Waals surface area contributed by atoms with E-state index < -0.39 is 17.6 Å². The Bertz CT molecular complexity index is 1040. The molecule has 1 heterocycles. The lowest BCUT2D eigenvalue weighted by atomic mass is 10.2. The molecule has 0 atom stereocenters. The zero-order valence-corrected chi connectivity index (χ0v) is 15.7. The van der Waals surface area contributed by atoms with Crippen LogP contribution in [-0.2, 0) is 4.79 Å². The fourth-order valence-electron chi connectivity index (χ4n) is 2.23. The van der Waals surface area contributed by atoms with Gasteiger partial charge >= 0.3 is 5.91 Å². The van der Waals surface area contributed by atoms with Crippen molar-refractivity contribution in [1.29, 1.82) is 0 Å². The van der Waals surface area contributed by atoms with E-state index in [1.165, 1.54) is 36.7 Å². The molecular weight excluding hydrogens is 401 g/mol. The number of rotatable bonds is 7. The second-order valence-electron chi connectivity index (χ2n) is 5.68. The van der Waals surface area contributed by atoms with E-state index in [0.29, 0.717) is 5.56 Å². The summed E-state index contributed by atoms with van der Waals surface area (Å²) in [5.41, 5.74) is 2.97. The molecule has 7 nitrogen and oxygen atoms in total. The van der Waals surface area contributed by atoms with Gasteiger partial charge in [-0.1, -0.05) is 23.7 Å². The number of nitrogens with zero attached hydrogens (tertiary/aromatic N) is 1. The number of furan rings is 1. The predicted octanol–water partition coefficient (Wildman–Crippen LogP) is 3.85. The van der Waals surface area contributed by atoms with Crippen molar-refractivity contribution in [3.63, 3.8) is 0 Å². The van der Waals surface area contributed by atoms with Crippen LogP contribution in [-0.4, -0.2) is 24.6 Å². The van der Waals surface area contributed by atoms with Crippen molar-refractivity contribution < 1.29 is 23.1 Å². The van der Waals surface area contributed by atoms with Crippen LogP contribution >= 0.6 is 11.6 Å². The second-order valence-corrected chi connectivity index (χ2v) is 6.09. The number of hydrogen-bond acceptors (Lipinski definition) is 5. The first-order valence-electron chi connectivity index (χ1n) is 8.36. The van der Waals surface area contributed by atoms with Crippen molar-refractivity contribution in [2.45, 2.75) is 0 Å². The van der Waals surface area contributed by atoms with Gasteiger partial charge in [0.25, 0.3) is 5.91 Å². The SMILES string of the molecule is O=C(COc1ccc(/C=N/NC(=O)c2ccco2)cc1Cl)Nc1ccccc1F. The molecule has 148 valence electrons. The van der Waals surface area contributed by atoms with Crippen LogP contribution in [0.3, 0.4) is 0 Å². The molecular formula is C20H15ClFN3O4. The third-order valence-electron chi connectivity index (χ3n) is 3.59. The van der Waals surface area contributed by atoms with Crippen molar-refractivity contribution in [2.24, 2.45) is 5.10 Å². The van der Waals surface area contributed by atoms with E-state index in [1.807, 2.05) is 0 Å². The van der Waals surface area contributed by atoms with Crippen molar-refractivity contribution in [3.8, 4) is 5.75 Å². The lowest BCUT2D eigenvalue weighted by molar-refractivity contribution is -0.118. The molecule has 0 saturated heterocycles. The molecule has 2 aromatic carbocycles. The van der Waals surface area contributed by atoms with Crippen molar-refractivity contribution in [2.75, 3.05) is 11.9 Å². The summed E-state index contributed by atoms with van der Waals surface area (Å²) in [5, 5.41) is 6.46. The molecule has 3 rings (SSSR count). The van der Waals surface area contributed by atoms with Crippen molar-refractivity contribution in [1.82, 2.24) is 5.43 Å². The molecule has 0 saturated carbocycles. The van der Waals surface area contributed by atoms with Gasteiger partial charge < -0.3 is 14.5 Å². The van der Waals surface area contributed by atoms with Gasteiger partial charge in [0.05, 0.1) is 23.2 Å². The molecule has 9 heteroatoms. The summed E-state index contributed by atoms with van der Waals surface area (Å²) >= 11 is 6.14. The zero-order chi connectivity index (χ0) is 20.6. The zero-order valence-electron chi connectivity index (χ0n) is 14.9. The third kappa shape index (κ3) is 5.66. The highest BCUT2D eigenvalue weighted by molar-refractivity contribution is 6.32. The molecule has 0 radical (unpaired) electrons. The number of anilines is 1. The maximum atomic E-state index is 13.5. The molecule has 0 bridgehead atoms. The second kappa shape index (κ2) is 9.52. The van der Waals surface area contributed by atoms with E-state index in [2.05, 4.69) is 15.8 Å². The average molecular weight is 416 g/mol. The summed E-state index contributed by atoms with van der Waals surface area (Å²) in [5.74, 6) is -1.15. The van der Waals surface area contributed by atoms with Crippen LogP contribution in [0.2, 0.25) is 5.02 Å². The maximum Gasteiger partial charge on any atom is 0.307 e. The molecule has 0 fully saturated rings. The highest BCUT2D eigenvalue weighted by Crippen LogP contribution is 2.25. The maximum absolute atomic E-state index is 13.5. The minimum Gasteiger partial charge on any atom is -0.482 e. The minimum atomic E-state index is -0.540. The Morgan fingerprint density at radius 1 is 1.17 bits per heavy atom. The first-order valence-corrected chi connectivity index (χ1v) is 8.74. The number of ether oxygens (including phenoxy) is 1. The van der Waals surface area contributed by atoms with Gasteiger partial charge in [0, 0.05) is 0 Å². The molecule has 0 aliphatic carbocycles. The van der Waals surface area contributed by atoms with Gasteiger partial charge in [0.1, 0.15) is 11.6 Å². The van der Waals surface area contributed by atoms with E-state index >= 15 is 0 Å². The van der Waals surface area contributed by atoms with Gasteiger partial charge in [-0.2, -0.15) is 5.10 Å². The van der Waals surface area contributed by atoms with Crippen LogP contribution < -0.4 is 15.5 Å². The summed E-state index contributed by atoms with van der Waals surface area (Å²) in [6.07, 6.45) is 2.77. The Balaban J connectivity index is 1.52. The lowest BCUT2D eigenvalue weighted by Crippen LogP contribution is -2.20. The average Bonchev–Trinajstić information content (AvgIpc) is 3.24. The molecule has 0 spiro atoms. The third-order valence-corrected chi connectivity index (χ3v) is 3.88. The first-order chi connectivity index (χ1) is 14.0. The van der Waals surface area contributed by atoms with E-state index in [4.69, 9.17) is 20.8 Å². The molecule has 0 aliphatic rings. The van der Waals surface area contributed by atoms with Gasteiger partial charge in [0.15, 0.2) is 12.4 Å². The lowest BCUT2D eigenvalue weighted by Gasteiger charge is -2.09. The van der Waals surface area contributed by atoms with Crippen LogP contribution in [0.15, 0.2) is 70.4 Å². The number of hydrazone groups is 1. The van der Waals surface area contributed by atoms with Crippen LogP contribution in [0, 0.1) is 5.82 Å². The van der Waals surface area contributed by atoms with Gasteiger partial charge in [0.2, 0.25) is 0 Å². The number of hydrogen-bond donors (Lipinski definition) is 2. The van der Waals surface area contributed by atoms with Gasteiger partial charge in [-0.25, -0.2) is 9.82 Å². The van der Waals surface area contributed by atoms with Crippen LogP contribution in [0.25, 0.3) is 0 Å². The quantitative estimate of drug-likeness (QED) is 0.452. The van der Waals surface area contributed by atoms with E-state index in [9.17, 15) is 14.0 Å². The number of benzene rings is 2. The summed E-state index contributed by atoms with van der Waals surface area (Å²) in [7, 11) is 0. The summed E-state index contributed by atoms with van der Waals surface area (Å²) in [4.78, 5) is 23.6. The number of carbonyl (C=O) groups is 2. The molecule has 29 heavy (non-hydrogen) atoms. The smallest absolute Gasteiger partial charge is 0.307 e. The monoisotopic (exact) mass is 415 g/mol. The molecule has 1 aromatic heterocycles. The Labute approximate surface area is 170 Å². The van der Waals surface area contributed by atoms with Gasteiger partial charge in [-0.15, -0.1) is 0 Å². The topological polar surface area (TPSA) is 92.9 Å². The number of para-hydroxylation sites is 1. The number of carbonyl (C=O) groups excluding carboxylic acids is 2. The van der Waals surface area contributed by atoms with E-state index in [1.54, 1.807) is 30.3 Å². The molecule has 2 N–H and O–H groups in total. The Morgan fingerprint density at radius 3 is 2.72 bits per heavy atom. The van der Waals surface area contributed by atoms with Crippen molar-refractivity contribution in [3.05, 3.63) is 83.0 Å². The van der Waals surface area contributed by atoms with Crippen LogP contribution in [0.4, 0.5) is 10.1 Å². The van der Waals surface area contributed by atoms with Gasteiger partial charge in [-0.05, 0) is 48.0 Å². The summed E-state index contributed by atoms with van der Waals surface area (Å²) in [6.45, 7) is -0.347. The Kier molecular flexibility index (Phi) is 6.59. The molecule has 3 aromatic rings. The number of halogens is 2. The number of nitrogens with one attached hydrogen (secondary N) is 2. The van der Waals surface area contributed by atoms with Crippen LogP contribution in [0.5, 0.6) is 5.75 Å². The standard InChI is InChI=1S/C20H15ClFN3O4/c21-14-10-13(11-23-25-20(27)18-6-3-9-28-18)7-8-17(14)29-12-19(26)24-16-5-2-1-4-15(16)22/h1-11H,12H2,(H,24,26)(H,25,27)/b23-11+. The fraction of sp³-hybridized carbons (Fsp3) is 0.0500. The Morgan fingerprint density at radius 2 is 2.00 bits per heavy atom. The fourth-order valence-corrected chi connectivity index (χ4v) is 2.48. The molecule has 2 amide bonds. The Hall–Kier alpha value is -3.65. The summed E-state index contributed by atoms with van der Waals surface area (Å²) < 4.78 is 23.8. The predicted molar refractivity (Wildman–Crippen MR) is 106 cm³/mol. The van der Waals surface area contributed by atoms with Crippen molar-refractivity contribution >= 4 is 35.3 Å². The van der Waals surface area contributed by atoms with Crippen LogP contribution in [0.1, 0.15) is 16.1 Å². The number of amides is 2. The molecule has 0 aliphatic heterocycles. The van der Waals surface area contributed by atoms with E-state index in [-0.39, 0.29) is 28.8 Å².